The van der Waals surface area contributed by atoms with E-state index in [1.807, 2.05) is 6.92 Å². The van der Waals surface area contributed by atoms with E-state index >= 15 is 0 Å². The maximum Gasteiger partial charge on any atom is 0.168 e. The first-order chi connectivity index (χ1) is 16.5. The van der Waals surface area contributed by atoms with Crippen LogP contribution in [0.25, 0.3) is 0 Å². The zero-order valence-electron chi connectivity index (χ0n) is 21.0. The highest BCUT2D eigenvalue weighted by Gasteiger charge is 2.51. The van der Waals surface area contributed by atoms with Crippen molar-refractivity contribution in [1.29, 1.82) is 0 Å². The minimum Gasteiger partial charge on any atom is -0.492 e. The van der Waals surface area contributed by atoms with Crippen molar-refractivity contribution in [3.05, 3.63) is 36.1 Å². The average Bonchev–Trinajstić information content (AvgIpc) is 2.88. The van der Waals surface area contributed by atoms with E-state index in [4.69, 9.17) is 14.2 Å². The first kappa shape index (κ1) is 25.4. The Labute approximate surface area is 205 Å². The number of ketones is 2. The zero-order chi connectivity index (χ0) is 24.1. The van der Waals surface area contributed by atoms with Crippen LogP contribution in [-0.2, 0) is 23.8 Å². The van der Waals surface area contributed by atoms with Gasteiger partial charge in [0.2, 0.25) is 0 Å². The first-order valence-corrected chi connectivity index (χ1v) is 13.4. The molecule has 0 saturated heterocycles. The highest BCUT2D eigenvalue weighted by atomic mass is 16.5. The highest BCUT2D eigenvalue weighted by Crippen LogP contribution is 2.44. The summed E-state index contributed by atoms with van der Waals surface area (Å²) in [4.78, 5) is 27.1. The second kappa shape index (κ2) is 11.8. The second-order valence-corrected chi connectivity index (χ2v) is 10.7. The van der Waals surface area contributed by atoms with Crippen LogP contribution in [0.5, 0.6) is 0 Å². The highest BCUT2D eigenvalue weighted by molar-refractivity contribution is 6.00. The summed E-state index contributed by atoms with van der Waals surface area (Å²) >= 11 is 0. The van der Waals surface area contributed by atoms with Gasteiger partial charge in [0.25, 0.3) is 0 Å². The third kappa shape index (κ3) is 5.57. The van der Waals surface area contributed by atoms with Crippen LogP contribution >= 0.6 is 0 Å². The standard InChI is InChI=1S/C29H42O5/c1-4-17-33-25-16-14-23-27(31)19(2)28(21-10-6-5-7-11-21)34-29(23)26(25)24(30)15-13-20-9-8-12-22(18-20)32-3/h4,13,15,20-23,25-26,29H,1,5-12,14,16-18H2,2-3H3. The Morgan fingerprint density at radius 1 is 1.09 bits per heavy atom. The molecule has 6 unspecified atom stereocenters. The quantitative estimate of drug-likeness (QED) is 0.335. The van der Waals surface area contributed by atoms with E-state index in [9.17, 15) is 9.59 Å². The van der Waals surface area contributed by atoms with Crippen molar-refractivity contribution < 1.29 is 23.8 Å². The topological polar surface area (TPSA) is 61.8 Å². The summed E-state index contributed by atoms with van der Waals surface area (Å²) in [5, 5.41) is 0. The van der Waals surface area contributed by atoms with E-state index in [-0.39, 0.29) is 29.7 Å². The van der Waals surface area contributed by atoms with Gasteiger partial charge in [0.1, 0.15) is 11.9 Å². The van der Waals surface area contributed by atoms with Gasteiger partial charge in [-0.3, -0.25) is 9.59 Å². The van der Waals surface area contributed by atoms with Crippen LogP contribution in [0.1, 0.15) is 77.6 Å². The molecule has 1 aliphatic heterocycles. The smallest absolute Gasteiger partial charge is 0.168 e. The van der Waals surface area contributed by atoms with Crippen LogP contribution in [0.2, 0.25) is 0 Å². The fraction of sp³-hybridized carbons (Fsp3) is 0.724. The number of methoxy groups -OCH3 is 1. The average molecular weight is 471 g/mol. The van der Waals surface area contributed by atoms with Gasteiger partial charge in [0.05, 0.1) is 30.7 Å². The molecule has 3 aliphatic carbocycles. The van der Waals surface area contributed by atoms with Gasteiger partial charge < -0.3 is 14.2 Å². The number of hydrogen-bond donors (Lipinski definition) is 0. The molecule has 0 aromatic rings. The summed E-state index contributed by atoms with van der Waals surface area (Å²) in [6.45, 7) is 6.10. The Hall–Kier alpha value is -1.72. The molecule has 4 rings (SSSR count). The van der Waals surface area contributed by atoms with Crippen LogP contribution in [0.3, 0.4) is 0 Å². The van der Waals surface area contributed by atoms with Crippen molar-refractivity contribution in [3.63, 3.8) is 0 Å². The van der Waals surface area contributed by atoms with Gasteiger partial charge in [-0.05, 0) is 63.9 Å². The van der Waals surface area contributed by atoms with E-state index < -0.39 is 12.0 Å². The summed E-state index contributed by atoms with van der Waals surface area (Å²) in [6.07, 6.45) is 16.5. The number of allylic oxidation sites excluding steroid dienone is 4. The number of Topliss-reactive ketones (excluding diaryl/α,β-unsaturated/α-hetero) is 1. The molecule has 5 heteroatoms. The van der Waals surface area contributed by atoms with Crippen LogP contribution in [-0.4, -0.2) is 43.6 Å². The SMILES string of the molecule is C=CCOC1CCC2C(=O)C(C)=C(C3CCCCC3)OC2C1C(=O)C=CC1CCCC(OC)C1. The van der Waals surface area contributed by atoms with Gasteiger partial charge >= 0.3 is 0 Å². The van der Waals surface area contributed by atoms with Crippen LogP contribution in [0, 0.1) is 23.7 Å². The summed E-state index contributed by atoms with van der Waals surface area (Å²) in [6, 6.07) is 0. The molecular weight excluding hydrogens is 428 g/mol. The lowest BCUT2D eigenvalue weighted by atomic mass is 9.69. The molecular formula is C29H42O5. The first-order valence-electron chi connectivity index (χ1n) is 13.4. The lowest BCUT2D eigenvalue weighted by molar-refractivity contribution is -0.151. The Kier molecular flexibility index (Phi) is 8.81. The monoisotopic (exact) mass is 470 g/mol. The van der Waals surface area contributed by atoms with Crippen molar-refractivity contribution >= 4 is 11.6 Å². The molecule has 3 fully saturated rings. The van der Waals surface area contributed by atoms with Crippen molar-refractivity contribution in [3.8, 4) is 0 Å². The molecule has 4 aliphatic rings. The van der Waals surface area contributed by atoms with Crippen LogP contribution in [0.4, 0.5) is 0 Å². The van der Waals surface area contributed by atoms with Crippen molar-refractivity contribution in [2.75, 3.05) is 13.7 Å². The van der Waals surface area contributed by atoms with Crippen LogP contribution in [0.15, 0.2) is 36.1 Å². The van der Waals surface area contributed by atoms with Gasteiger partial charge in [-0.1, -0.05) is 37.8 Å². The Morgan fingerprint density at radius 3 is 2.62 bits per heavy atom. The normalized spacial score (nSPS) is 35.2. The van der Waals surface area contributed by atoms with Crippen LogP contribution < -0.4 is 0 Å². The van der Waals surface area contributed by atoms with Crippen molar-refractivity contribution in [2.24, 2.45) is 23.7 Å². The Bertz CT molecular complexity index is 805. The van der Waals surface area contributed by atoms with Gasteiger partial charge in [-0.15, -0.1) is 6.58 Å². The van der Waals surface area contributed by atoms with Gasteiger partial charge in [-0.25, -0.2) is 0 Å². The van der Waals surface area contributed by atoms with Gasteiger partial charge in [0.15, 0.2) is 11.6 Å². The lowest BCUT2D eigenvalue weighted by Gasteiger charge is -2.45. The maximum atomic E-state index is 13.7. The number of rotatable bonds is 8. The lowest BCUT2D eigenvalue weighted by Crippen LogP contribution is -2.53. The Morgan fingerprint density at radius 2 is 1.88 bits per heavy atom. The fourth-order valence-corrected chi connectivity index (χ4v) is 6.62. The molecule has 0 bridgehead atoms. The molecule has 0 N–H and O–H groups in total. The molecule has 0 aromatic heterocycles. The molecule has 0 radical (unpaired) electrons. The summed E-state index contributed by atoms with van der Waals surface area (Å²) in [5.41, 5.74) is 0.785. The van der Waals surface area contributed by atoms with E-state index in [1.54, 1.807) is 19.3 Å². The third-order valence-electron chi connectivity index (χ3n) is 8.52. The molecule has 5 nitrogen and oxygen atoms in total. The van der Waals surface area contributed by atoms with E-state index in [1.165, 1.54) is 19.3 Å². The number of ether oxygens (including phenoxy) is 3. The van der Waals surface area contributed by atoms with Gasteiger partial charge in [0, 0.05) is 18.6 Å². The predicted molar refractivity (Wildman–Crippen MR) is 132 cm³/mol. The minimum atomic E-state index is -0.465. The molecule has 3 saturated carbocycles. The fourth-order valence-electron chi connectivity index (χ4n) is 6.62. The van der Waals surface area contributed by atoms with E-state index in [0.29, 0.717) is 31.3 Å². The predicted octanol–water partition coefficient (Wildman–Crippen LogP) is 5.74. The largest absolute Gasteiger partial charge is 0.492 e. The van der Waals surface area contributed by atoms with E-state index in [2.05, 4.69) is 12.7 Å². The summed E-state index contributed by atoms with van der Waals surface area (Å²) < 4.78 is 18.3. The number of carbonyl (C=O) groups is 2. The summed E-state index contributed by atoms with van der Waals surface area (Å²) in [7, 11) is 1.77. The minimum absolute atomic E-state index is 0.0265. The molecule has 0 aromatic carbocycles. The number of fused-ring (bicyclic) bond motifs is 1. The molecule has 0 spiro atoms. The second-order valence-electron chi connectivity index (χ2n) is 10.7. The zero-order valence-corrected chi connectivity index (χ0v) is 21.0. The molecule has 1 heterocycles. The maximum absolute atomic E-state index is 13.7. The Balaban J connectivity index is 1.56. The summed E-state index contributed by atoms with van der Waals surface area (Å²) in [5.74, 6) is 0.983. The molecule has 6 atom stereocenters. The molecule has 188 valence electrons. The van der Waals surface area contributed by atoms with Gasteiger partial charge in [-0.2, -0.15) is 0 Å². The number of carbonyl (C=O) groups excluding carboxylic acids is 2. The van der Waals surface area contributed by atoms with Crippen molar-refractivity contribution in [2.45, 2.75) is 95.9 Å². The van der Waals surface area contributed by atoms with Crippen molar-refractivity contribution in [1.82, 2.24) is 0 Å². The number of hydrogen-bond acceptors (Lipinski definition) is 5. The molecule has 0 amide bonds. The third-order valence-corrected chi connectivity index (χ3v) is 8.52. The molecule has 34 heavy (non-hydrogen) atoms. The van der Waals surface area contributed by atoms with E-state index in [0.717, 1.165) is 49.9 Å².